The van der Waals surface area contributed by atoms with Gasteiger partial charge in [0.05, 0.1) is 27.3 Å². The third-order valence-corrected chi connectivity index (χ3v) is 4.34. The molecule has 0 aromatic heterocycles. The second kappa shape index (κ2) is 8.87. The minimum atomic E-state index is -0.572. The summed E-state index contributed by atoms with van der Waals surface area (Å²) in [5.41, 5.74) is 2.45. The van der Waals surface area contributed by atoms with Gasteiger partial charge in [0.2, 0.25) is 0 Å². The van der Waals surface area contributed by atoms with E-state index in [0.29, 0.717) is 11.3 Å². The molecule has 144 valence electrons. The molecule has 1 amide bonds. The van der Waals surface area contributed by atoms with Crippen molar-refractivity contribution in [3.63, 3.8) is 0 Å². The first kappa shape index (κ1) is 19.9. The van der Waals surface area contributed by atoms with Crippen LogP contribution in [0.15, 0.2) is 66.7 Å². The predicted molar refractivity (Wildman–Crippen MR) is 109 cm³/mol. The maximum Gasteiger partial charge on any atom is 0.271 e. The van der Waals surface area contributed by atoms with E-state index < -0.39 is 10.8 Å². The maximum atomic E-state index is 12.1. The molecule has 0 bridgehead atoms. The Morgan fingerprint density at radius 1 is 1.07 bits per heavy atom. The molecule has 0 unspecified atom stereocenters. The van der Waals surface area contributed by atoms with Crippen molar-refractivity contribution in [2.75, 3.05) is 11.9 Å². The van der Waals surface area contributed by atoms with Crippen molar-refractivity contribution >= 4 is 28.9 Å². The van der Waals surface area contributed by atoms with E-state index >= 15 is 0 Å². The fraction of sp³-hybridized carbons (Fsp3) is 0.0476. The van der Waals surface area contributed by atoms with Crippen LogP contribution >= 0.6 is 11.6 Å². The lowest BCUT2D eigenvalue weighted by atomic mass is 10.0. The van der Waals surface area contributed by atoms with Gasteiger partial charge >= 0.3 is 0 Å². The van der Waals surface area contributed by atoms with Crippen molar-refractivity contribution in [1.82, 2.24) is 0 Å². The molecule has 0 spiro atoms. The fourth-order valence-corrected chi connectivity index (χ4v) is 2.70. The summed E-state index contributed by atoms with van der Waals surface area (Å²) in [4.78, 5) is 22.3. The van der Waals surface area contributed by atoms with Gasteiger partial charge in [-0.2, -0.15) is 5.26 Å². The Morgan fingerprint density at radius 2 is 1.69 bits per heavy atom. The van der Waals surface area contributed by atoms with E-state index in [0.717, 1.165) is 11.1 Å². The van der Waals surface area contributed by atoms with Crippen molar-refractivity contribution in [3.8, 4) is 22.9 Å². The number of nitrogens with zero attached hydrogens (tertiary/aromatic N) is 2. The van der Waals surface area contributed by atoms with Crippen molar-refractivity contribution < 1.29 is 14.5 Å². The van der Waals surface area contributed by atoms with Gasteiger partial charge in [-0.05, 0) is 41.5 Å². The number of halogens is 1. The molecule has 0 saturated carbocycles. The first-order chi connectivity index (χ1) is 14.0. The number of anilines is 1. The summed E-state index contributed by atoms with van der Waals surface area (Å²) in [5, 5.41) is 22.4. The van der Waals surface area contributed by atoms with Gasteiger partial charge in [-0.15, -0.1) is 0 Å². The van der Waals surface area contributed by atoms with Crippen LogP contribution < -0.4 is 10.1 Å². The van der Waals surface area contributed by atoms with Gasteiger partial charge in [0, 0.05) is 12.1 Å². The molecular weight excluding hydrogens is 394 g/mol. The summed E-state index contributed by atoms with van der Waals surface area (Å²) >= 11 is 5.96. The molecule has 3 aromatic carbocycles. The standard InChI is InChI=1S/C21H14ClN3O4/c22-19-10-7-17(25(27)28)11-20(19)24-21(26)13-29-18-8-5-16(6-9-18)15-3-1-14(12-23)2-4-15/h1-11H,13H2,(H,24,26). The molecular formula is C21H14ClN3O4. The Labute approximate surface area is 171 Å². The van der Waals surface area contributed by atoms with Crippen molar-refractivity contribution in [3.05, 3.63) is 87.4 Å². The summed E-state index contributed by atoms with van der Waals surface area (Å²) in [6, 6.07) is 20.2. The Balaban J connectivity index is 1.60. The van der Waals surface area contributed by atoms with Crippen LogP contribution in [-0.4, -0.2) is 17.4 Å². The van der Waals surface area contributed by atoms with Crippen LogP contribution in [0.3, 0.4) is 0 Å². The minimum Gasteiger partial charge on any atom is -0.484 e. The Hall–Kier alpha value is -3.89. The summed E-state index contributed by atoms with van der Waals surface area (Å²) in [6.45, 7) is -0.283. The predicted octanol–water partition coefficient (Wildman–Crippen LogP) is 4.80. The first-order valence-corrected chi connectivity index (χ1v) is 8.81. The number of non-ortho nitro benzene ring substituents is 1. The van der Waals surface area contributed by atoms with Crippen molar-refractivity contribution in [1.29, 1.82) is 5.26 Å². The number of amides is 1. The second-order valence-electron chi connectivity index (χ2n) is 5.97. The zero-order valence-corrected chi connectivity index (χ0v) is 15.7. The van der Waals surface area contributed by atoms with Crippen molar-refractivity contribution in [2.24, 2.45) is 0 Å². The van der Waals surface area contributed by atoms with Crippen LogP contribution in [0, 0.1) is 21.4 Å². The summed E-state index contributed by atoms with van der Waals surface area (Å²) in [7, 11) is 0. The number of nitriles is 1. The van der Waals surface area contributed by atoms with Crippen LogP contribution in [-0.2, 0) is 4.79 Å². The van der Waals surface area contributed by atoms with Crippen LogP contribution in [0.1, 0.15) is 5.56 Å². The topological polar surface area (TPSA) is 105 Å². The lowest BCUT2D eigenvalue weighted by Crippen LogP contribution is -2.20. The van der Waals surface area contributed by atoms with E-state index in [1.807, 2.05) is 24.3 Å². The van der Waals surface area contributed by atoms with Gasteiger partial charge in [0.15, 0.2) is 6.61 Å². The molecule has 0 atom stereocenters. The zero-order valence-electron chi connectivity index (χ0n) is 15.0. The van der Waals surface area contributed by atoms with Crippen LogP contribution in [0.2, 0.25) is 5.02 Å². The number of nitrogens with one attached hydrogen (secondary N) is 1. The van der Waals surface area contributed by atoms with Gasteiger partial charge in [-0.3, -0.25) is 14.9 Å². The molecule has 0 heterocycles. The van der Waals surface area contributed by atoms with Gasteiger partial charge < -0.3 is 10.1 Å². The Bertz CT molecular complexity index is 1090. The number of hydrogen-bond donors (Lipinski definition) is 1. The summed E-state index contributed by atoms with van der Waals surface area (Å²) < 4.78 is 5.45. The SMILES string of the molecule is N#Cc1ccc(-c2ccc(OCC(=O)Nc3cc([N+](=O)[O-])ccc3Cl)cc2)cc1. The van der Waals surface area contributed by atoms with E-state index in [9.17, 15) is 14.9 Å². The monoisotopic (exact) mass is 407 g/mol. The van der Waals surface area contributed by atoms with Gasteiger partial charge in [-0.1, -0.05) is 35.9 Å². The number of ether oxygens (including phenoxy) is 1. The number of nitro benzene ring substituents is 1. The third kappa shape index (κ3) is 5.09. The minimum absolute atomic E-state index is 0.144. The van der Waals surface area contributed by atoms with E-state index in [-0.39, 0.29) is 23.0 Å². The number of carbonyl (C=O) groups excluding carboxylic acids is 1. The van der Waals surface area contributed by atoms with Crippen LogP contribution in [0.5, 0.6) is 5.75 Å². The van der Waals surface area contributed by atoms with Crippen LogP contribution in [0.4, 0.5) is 11.4 Å². The molecule has 29 heavy (non-hydrogen) atoms. The molecule has 3 rings (SSSR count). The molecule has 1 N–H and O–H groups in total. The van der Waals surface area contributed by atoms with E-state index in [2.05, 4.69) is 11.4 Å². The maximum absolute atomic E-state index is 12.1. The lowest BCUT2D eigenvalue weighted by molar-refractivity contribution is -0.384. The molecule has 0 fully saturated rings. The summed E-state index contributed by atoms with van der Waals surface area (Å²) in [6.07, 6.45) is 0. The second-order valence-corrected chi connectivity index (χ2v) is 6.38. The van der Waals surface area contributed by atoms with Gasteiger partial charge in [0.1, 0.15) is 5.75 Å². The zero-order chi connectivity index (χ0) is 20.8. The molecule has 0 radical (unpaired) electrons. The van der Waals surface area contributed by atoms with E-state index in [1.165, 1.54) is 18.2 Å². The molecule has 3 aromatic rings. The molecule has 0 aliphatic rings. The highest BCUT2D eigenvalue weighted by atomic mass is 35.5. The fourth-order valence-electron chi connectivity index (χ4n) is 2.54. The quantitative estimate of drug-likeness (QED) is 0.466. The number of rotatable bonds is 6. The molecule has 0 aliphatic carbocycles. The number of carbonyl (C=O) groups is 1. The average Bonchev–Trinajstić information content (AvgIpc) is 2.74. The molecule has 7 nitrogen and oxygen atoms in total. The lowest BCUT2D eigenvalue weighted by Gasteiger charge is -2.09. The average molecular weight is 408 g/mol. The van der Waals surface area contributed by atoms with Crippen molar-refractivity contribution in [2.45, 2.75) is 0 Å². The number of hydrogen-bond acceptors (Lipinski definition) is 5. The van der Waals surface area contributed by atoms with E-state index in [4.69, 9.17) is 21.6 Å². The highest BCUT2D eigenvalue weighted by molar-refractivity contribution is 6.33. The molecule has 0 saturated heterocycles. The summed E-state index contributed by atoms with van der Waals surface area (Å²) in [5.74, 6) is -0.00810. The Morgan fingerprint density at radius 3 is 2.28 bits per heavy atom. The first-order valence-electron chi connectivity index (χ1n) is 8.43. The van der Waals surface area contributed by atoms with Gasteiger partial charge in [0.25, 0.3) is 11.6 Å². The normalized spacial score (nSPS) is 10.1. The largest absolute Gasteiger partial charge is 0.484 e. The number of nitro groups is 1. The molecule has 8 heteroatoms. The highest BCUT2D eigenvalue weighted by Crippen LogP contribution is 2.27. The number of benzene rings is 3. The third-order valence-electron chi connectivity index (χ3n) is 4.01. The van der Waals surface area contributed by atoms with E-state index in [1.54, 1.807) is 24.3 Å². The highest BCUT2D eigenvalue weighted by Gasteiger charge is 2.12. The molecule has 0 aliphatic heterocycles. The van der Waals surface area contributed by atoms with Gasteiger partial charge in [-0.25, -0.2) is 0 Å². The smallest absolute Gasteiger partial charge is 0.271 e. The van der Waals surface area contributed by atoms with Crippen LogP contribution in [0.25, 0.3) is 11.1 Å². The Kier molecular flexibility index (Phi) is 6.07.